The van der Waals surface area contributed by atoms with Gasteiger partial charge in [0.1, 0.15) is 11.5 Å². The number of likely N-dealkylation sites (tertiary alicyclic amines) is 2. The summed E-state index contributed by atoms with van der Waals surface area (Å²) in [6, 6.07) is 19.9. The van der Waals surface area contributed by atoms with E-state index in [4.69, 9.17) is 4.74 Å². The highest BCUT2D eigenvalue weighted by Crippen LogP contribution is 2.33. The van der Waals surface area contributed by atoms with Crippen molar-refractivity contribution in [3.63, 3.8) is 0 Å². The van der Waals surface area contributed by atoms with Gasteiger partial charge < -0.3 is 15.0 Å². The van der Waals surface area contributed by atoms with Gasteiger partial charge >= 0.3 is 6.03 Å². The molecule has 7 nitrogen and oxygen atoms in total. The molecule has 5 rings (SSSR count). The van der Waals surface area contributed by atoms with Crippen LogP contribution in [0.4, 0.5) is 10.6 Å². The fourth-order valence-electron chi connectivity index (χ4n) is 4.83. The molecule has 0 saturated carbocycles. The second-order valence-corrected chi connectivity index (χ2v) is 9.02. The van der Waals surface area contributed by atoms with Crippen molar-refractivity contribution < 1.29 is 9.53 Å². The fourth-order valence-corrected chi connectivity index (χ4v) is 4.83. The van der Waals surface area contributed by atoms with Crippen molar-refractivity contribution in [1.82, 2.24) is 19.6 Å². The summed E-state index contributed by atoms with van der Waals surface area (Å²) < 4.78 is 7.40. The topological polar surface area (TPSA) is 62.6 Å². The van der Waals surface area contributed by atoms with Gasteiger partial charge in [0.2, 0.25) is 0 Å². The van der Waals surface area contributed by atoms with Gasteiger partial charge in [0.15, 0.2) is 5.82 Å². The molecule has 33 heavy (non-hydrogen) atoms. The number of benzene rings is 2. The molecule has 0 spiro atoms. The van der Waals surface area contributed by atoms with E-state index in [2.05, 4.69) is 34.0 Å². The molecule has 0 radical (unpaired) electrons. The predicted molar refractivity (Wildman–Crippen MR) is 128 cm³/mol. The molecule has 170 valence electrons. The standard InChI is InChI=1S/C26H29N5O2/c1-19(2)27-25-11-12-31(28-25)26(32)30-17-21-15-29(16-22(21)18-30)14-20-7-6-10-24(13-20)33-23-8-4-3-5-9-23/h3-13,21-22H,1,14-18H2,2H3,(H,27,28). The largest absolute Gasteiger partial charge is 0.457 e. The van der Waals surface area contributed by atoms with E-state index in [1.807, 2.05) is 54.3 Å². The first-order chi connectivity index (χ1) is 16.0. The molecular formula is C26H29N5O2. The summed E-state index contributed by atoms with van der Waals surface area (Å²) >= 11 is 0. The summed E-state index contributed by atoms with van der Waals surface area (Å²) in [6.07, 6.45) is 1.71. The number of ether oxygens (including phenoxy) is 1. The second kappa shape index (κ2) is 9.11. The second-order valence-electron chi connectivity index (χ2n) is 9.02. The van der Waals surface area contributed by atoms with Gasteiger partial charge in [0, 0.05) is 50.7 Å². The summed E-state index contributed by atoms with van der Waals surface area (Å²) in [5, 5.41) is 7.37. The number of rotatable bonds is 6. The van der Waals surface area contributed by atoms with Crippen molar-refractivity contribution in [2.45, 2.75) is 13.5 Å². The molecule has 0 bridgehead atoms. The zero-order valence-electron chi connectivity index (χ0n) is 18.9. The van der Waals surface area contributed by atoms with Gasteiger partial charge in [0.25, 0.3) is 0 Å². The quantitative estimate of drug-likeness (QED) is 0.601. The lowest BCUT2D eigenvalue weighted by molar-refractivity contribution is 0.197. The zero-order chi connectivity index (χ0) is 22.8. The van der Waals surface area contributed by atoms with Crippen molar-refractivity contribution in [3.8, 4) is 11.5 Å². The highest BCUT2D eigenvalue weighted by atomic mass is 16.5. The van der Waals surface area contributed by atoms with Crippen molar-refractivity contribution in [2.24, 2.45) is 11.8 Å². The number of carbonyl (C=O) groups is 1. The predicted octanol–water partition coefficient (Wildman–Crippen LogP) is 4.65. The highest BCUT2D eigenvalue weighted by Gasteiger charge is 2.41. The molecule has 2 saturated heterocycles. The van der Waals surface area contributed by atoms with Gasteiger partial charge in [-0.2, -0.15) is 4.68 Å². The smallest absolute Gasteiger partial charge is 0.344 e. The number of hydrogen-bond donors (Lipinski definition) is 1. The van der Waals surface area contributed by atoms with Gasteiger partial charge in [-0.05, 0) is 48.6 Å². The molecule has 3 heterocycles. The van der Waals surface area contributed by atoms with Crippen molar-refractivity contribution in [3.05, 3.63) is 84.7 Å². The Hall–Kier alpha value is -3.58. The molecule has 1 amide bonds. The summed E-state index contributed by atoms with van der Waals surface area (Å²) in [4.78, 5) is 17.3. The maximum atomic E-state index is 12.9. The number of carbonyl (C=O) groups excluding carboxylic acids is 1. The minimum Gasteiger partial charge on any atom is -0.457 e. The van der Waals surface area contributed by atoms with Crippen molar-refractivity contribution >= 4 is 11.8 Å². The van der Waals surface area contributed by atoms with Crippen LogP contribution in [0.15, 0.2) is 79.1 Å². The summed E-state index contributed by atoms with van der Waals surface area (Å²) in [5.74, 6) is 3.34. The van der Waals surface area contributed by atoms with Crippen molar-refractivity contribution in [1.29, 1.82) is 0 Å². The van der Waals surface area contributed by atoms with E-state index in [0.717, 1.165) is 49.9 Å². The molecule has 7 heteroatoms. The number of nitrogens with one attached hydrogen (secondary N) is 1. The molecule has 2 unspecified atom stereocenters. The Kier molecular flexibility index (Phi) is 5.88. The molecular weight excluding hydrogens is 414 g/mol. The number of allylic oxidation sites excluding steroid dienone is 1. The monoisotopic (exact) mass is 443 g/mol. The van der Waals surface area contributed by atoms with Crippen LogP contribution in [0.5, 0.6) is 11.5 Å². The van der Waals surface area contributed by atoms with E-state index in [1.165, 1.54) is 10.2 Å². The van der Waals surface area contributed by atoms with Gasteiger partial charge in [-0.25, -0.2) is 4.79 Å². The minimum absolute atomic E-state index is 0.0588. The van der Waals surface area contributed by atoms with Gasteiger partial charge in [0.05, 0.1) is 0 Å². The van der Waals surface area contributed by atoms with E-state index in [-0.39, 0.29) is 6.03 Å². The van der Waals surface area contributed by atoms with Gasteiger partial charge in [-0.15, -0.1) is 5.10 Å². The van der Waals surface area contributed by atoms with Crippen molar-refractivity contribution in [2.75, 3.05) is 31.5 Å². The van der Waals surface area contributed by atoms with Gasteiger partial charge in [-0.3, -0.25) is 4.90 Å². The Bertz CT molecular complexity index is 1130. The SMILES string of the molecule is C=C(C)Nc1ccn(C(=O)N2CC3CN(Cc4cccc(Oc5ccccc5)c4)CC3C2)n1. The number of amides is 1. The number of anilines is 1. The van der Waals surface area contributed by atoms with Crippen LogP contribution in [0.2, 0.25) is 0 Å². The number of hydrogen-bond acceptors (Lipinski definition) is 5. The Morgan fingerprint density at radius 2 is 1.76 bits per heavy atom. The van der Waals surface area contributed by atoms with E-state index >= 15 is 0 Å². The number of para-hydroxylation sites is 1. The first-order valence-electron chi connectivity index (χ1n) is 11.4. The summed E-state index contributed by atoms with van der Waals surface area (Å²) in [5.41, 5.74) is 2.03. The normalized spacial score (nSPS) is 20.0. The Morgan fingerprint density at radius 1 is 1.03 bits per heavy atom. The first kappa shape index (κ1) is 21.3. The fraction of sp³-hybridized carbons (Fsp3) is 0.308. The van der Waals surface area contributed by atoms with Gasteiger partial charge in [-0.1, -0.05) is 36.9 Å². The molecule has 3 aromatic rings. The maximum Gasteiger partial charge on any atom is 0.344 e. The lowest BCUT2D eigenvalue weighted by atomic mass is 10.0. The third-order valence-corrected chi connectivity index (χ3v) is 6.24. The number of fused-ring (bicyclic) bond motifs is 1. The molecule has 1 N–H and O–H groups in total. The third kappa shape index (κ3) is 4.93. The van der Waals surface area contributed by atoms with Crippen LogP contribution < -0.4 is 10.1 Å². The molecule has 1 aromatic heterocycles. The van der Waals surface area contributed by atoms with E-state index in [1.54, 1.807) is 12.3 Å². The first-order valence-corrected chi connectivity index (χ1v) is 11.4. The van der Waals surface area contributed by atoms with E-state index < -0.39 is 0 Å². The summed E-state index contributed by atoms with van der Waals surface area (Å²) in [6.45, 7) is 10.1. The molecule has 2 atom stereocenters. The minimum atomic E-state index is -0.0588. The zero-order valence-corrected chi connectivity index (χ0v) is 18.9. The lowest BCUT2D eigenvalue weighted by Crippen LogP contribution is -2.36. The Morgan fingerprint density at radius 3 is 2.48 bits per heavy atom. The van der Waals surface area contributed by atoms with Crippen LogP contribution in [0.3, 0.4) is 0 Å². The molecule has 0 aliphatic carbocycles. The maximum absolute atomic E-state index is 12.9. The average Bonchev–Trinajstić information content (AvgIpc) is 3.49. The number of nitrogens with zero attached hydrogens (tertiary/aromatic N) is 4. The summed E-state index contributed by atoms with van der Waals surface area (Å²) in [7, 11) is 0. The van der Waals surface area contributed by atoms with Crippen LogP contribution in [0.1, 0.15) is 12.5 Å². The highest BCUT2D eigenvalue weighted by molar-refractivity contribution is 5.76. The Balaban J connectivity index is 1.15. The van der Waals surface area contributed by atoms with E-state index in [0.29, 0.717) is 17.7 Å². The van der Waals surface area contributed by atoms with Crippen LogP contribution in [0, 0.1) is 11.8 Å². The van der Waals surface area contributed by atoms with Crippen LogP contribution in [0.25, 0.3) is 0 Å². The third-order valence-electron chi connectivity index (χ3n) is 6.24. The molecule has 2 aliphatic heterocycles. The molecule has 2 fully saturated rings. The molecule has 2 aromatic carbocycles. The Labute approximate surface area is 194 Å². The van der Waals surface area contributed by atoms with Crippen LogP contribution in [-0.2, 0) is 6.54 Å². The average molecular weight is 444 g/mol. The lowest BCUT2D eigenvalue weighted by Gasteiger charge is -2.21. The molecule has 2 aliphatic rings. The van der Waals surface area contributed by atoms with E-state index in [9.17, 15) is 4.79 Å². The van der Waals surface area contributed by atoms with Crippen LogP contribution in [-0.4, -0.2) is 51.8 Å². The number of aromatic nitrogens is 2. The van der Waals surface area contributed by atoms with Crippen LogP contribution >= 0.6 is 0 Å².